The largest absolute Gasteiger partial charge is 0.493 e. The number of ether oxygens (including phenoxy) is 2. The van der Waals surface area contributed by atoms with E-state index in [-0.39, 0.29) is 0 Å². The Morgan fingerprint density at radius 1 is 1.33 bits per heavy atom. The maximum absolute atomic E-state index is 5.69. The lowest BCUT2D eigenvalue weighted by Gasteiger charge is -2.16. The minimum atomic E-state index is 0.634. The van der Waals surface area contributed by atoms with Crippen LogP contribution >= 0.6 is 15.9 Å². The second-order valence-corrected chi connectivity index (χ2v) is 5.47. The maximum Gasteiger partial charge on any atom is 0.165 e. The molecule has 102 valence electrons. The monoisotopic (exact) mass is 315 g/mol. The van der Waals surface area contributed by atoms with Crippen molar-refractivity contribution < 1.29 is 9.47 Å². The van der Waals surface area contributed by atoms with Crippen LogP contribution < -0.4 is 14.8 Å². The molecule has 1 N–H and O–H groups in total. The summed E-state index contributed by atoms with van der Waals surface area (Å²) < 4.78 is 12.1. The molecular formula is C14H22BrNO2. The first-order valence-corrected chi connectivity index (χ1v) is 7.07. The van der Waals surface area contributed by atoms with Crippen molar-refractivity contribution in [3.63, 3.8) is 0 Å². The zero-order valence-electron chi connectivity index (χ0n) is 11.5. The average Bonchev–Trinajstić information content (AvgIpc) is 2.31. The van der Waals surface area contributed by atoms with Crippen molar-refractivity contribution in [3.8, 4) is 11.5 Å². The zero-order chi connectivity index (χ0) is 13.5. The molecule has 1 rings (SSSR count). The van der Waals surface area contributed by atoms with Crippen LogP contribution in [0, 0.1) is 5.92 Å². The number of halogens is 1. The van der Waals surface area contributed by atoms with E-state index >= 15 is 0 Å². The van der Waals surface area contributed by atoms with Gasteiger partial charge in [-0.2, -0.15) is 0 Å². The second-order valence-electron chi connectivity index (χ2n) is 4.55. The third-order valence-corrected chi connectivity index (χ3v) is 2.93. The van der Waals surface area contributed by atoms with E-state index in [1.807, 2.05) is 13.0 Å². The predicted octanol–water partition coefficient (Wildman–Crippen LogP) is 3.60. The van der Waals surface area contributed by atoms with Gasteiger partial charge in [-0.25, -0.2) is 0 Å². The van der Waals surface area contributed by atoms with Crippen molar-refractivity contribution in [2.75, 3.05) is 20.3 Å². The SMILES string of the molecule is CCOc1c(CNCC(C)C)cc(Br)cc1OC. The Morgan fingerprint density at radius 2 is 2.06 bits per heavy atom. The number of benzene rings is 1. The quantitative estimate of drug-likeness (QED) is 0.834. The van der Waals surface area contributed by atoms with Crippen molar-refractivity contribution in [2.24, 2.45) is 5.92 Å². The van der Waals surface area contributed by atoms with Crippen LogP contribution in [-0.4, -0.2) is 20.3 Å². The lowest BCUT2D eigenvalue weighted by atomic mass is 10.1. The summed E-state index contributed by atoms with van der Waals surface area (Å²) in [6, 6.07) is 4.00. The molecule has 0 fully saturated rings. The summed E-state index contributed by atoms with van der Waals surface area (Å²) in [5.74, 6) is 2.24. The van der Waals surface area contributed by atoms with Gasteiger partial charge < -0.3 is 14.8 Å². The first-order valence-electron chi connectivity index (χ1n) is 6.28. The van der Waals surface area contributed by atoms with Crippen molar-refractivity contribution in [3.05, 3.63) is 22.2 Å². The normalized spacial score (nSPS) is 10.8. The molecular weight excluding hydrogens is 294 g/mol. The molecule has 0 heterocycles. The fourth-order valence-corrected chi connectivity index (χ4v) is 2.19. The highest BCUT2D eigenvalue weighted by molar-refractivity contribution is 9.10. The summed E-state index contributed by atoms with van der Waals surface area (Å²) in [4.78, 5) is 0. The summed E-state index contributed by atoms with van der Waals surface area (Å²) >= 11 is 3.50. The van der Waals surface area contributed by atoms with Crippen molar-refractivity contribution in [2.45, 2.75) is 27.3 Å². The number of hydrogen-bond acceptors (Lipinski definition) is 3. The van der Waals surface area contributed by atoms with Crippen LogP contribution in [-0.2, 0) is 6.54 Å². The highest BCUT2D eigenvalue weighted by atomic mass is 79.9. The van der Waals surface area contributed by atoms with Gasteiger partial charge in [0, 0.05) is 16.6 Å². The Hall–Kier alpha value is -0.740. The molecule has 3 nitrogen and oxygen atoms in total. The van der Waals surface area contributed by atoms with E-state index in [2.05, 4.69) is 41.2 Å². The van der Waals surface area contributed by atoms with E-state index in [0.717, 1.165) is 34.6 Å². The number of nitrogens with one attached hydrogen (secondary N) is 1. The lowest BCUT2D eigenvalue weighted by Crippen LogP contribution is -2.19. The topological polar surface area (TPSA) is 30.5 Å². The van der Waals surface area contributed by atoms with E-state index in [9.17, 15) is 0 Å². The van der Waals surface area contributed by atoms with Crippen LogP contribution in [0.15, 0.2) is 16.6 Å². The zero-order valence-corrected chi connectivity index (χ0v) is 13.1. The molecule has 0 atom stereocenters. The molecule has 0 aromatic heterocycles. The highest BCUT2D eigenvalue weighted by Crippen LogP contribution is 2.34. The van der Waals surface area contributed by atoms with Gasteiger partial charge in [0.25, 0.3) is 0 Å². The van der Waals surface area contributed by atoms with Gasteiger partial charge in [-0.05, 0) is 31.5 Å². The van der Waals surface area contributed by atoms with Gasteiger partial charge in [-0.15, -0.1) is 0 Å². The van der Waals surface area contributed by atoms with Crippen LogP contribution in [0.5, 0.6) is 11.5 Å². The molecule has 0 aliphatic rings. The Kier molecular flexibility index (Phi) is 6.50. The Balaban J connectivity index is 2.88. The third kappa shape index (κ3) is 4.50. The van der Waals surface area contributed by atoms with E-state index in [1.54, 1.807) is 7.11 Å². The molecule has 4 heteroatoms. The summed E-state index contributed by atoms with van der Waals surface area (Å²) in [7, 11) is 1.66. The number of methoxy groups -OCH3 is 1. The predicted molar refractivity (Wildman–Crippen MR) is 78.4 cm³/mol. The summed E-state index contributed by atoms with van der Waals surface area (Å²) in [6.45, 7) is 8.77. The van der Waals surface area contributed by atoms with Gasteiger partial charge in [0.15, 0.2) is 11.5 Å². The van der Waals surface area contributed by atoms with Crippen LogP contribution in [0.25, 0.3) is 0 Å². The molecule has 0 aliphatic carbocycles. The molecule has 0 saturated heterocycles. The van der Waals surface area contributed by atoms with E-state index in [1.165, 1.54) is 0 Å². The minimum Gasteiger partial charge on any atom is -0.493 e. The van der Waals surface area contributed by atoms with Gasteiger partial charge in [0.2, 0.25) is 0 Å². The lowest BCUT2D eigenvalue weighted by molar-refractivity contribution is 0.306. The second kappa shape index (κ2) is 7.64. The van der Waals surface area contributed by atoms with Gasteiger partial charge in [-0.3, -0.25) is 0 Å². The molecule has 0 amide bonds. The Bertz CT molecular complexity index is 380. The summed E-state index contributed by atoms with van der Waals surface area (Å²) in [5.41, 5.74) is 1.11. The molecule has 0 aliphatic heterocycles. The number of rotatable bonds is 7. The van der Waals surface area contributed by atoms with Crippen molar-refractivity contribution in [1.29, 1.82) is 0 Å². The number of hydrogen-bond donors (Lipinski definition) is 1. The van der Waals surface area contributed by atoms with Crippen molar-refractivity contribution >= 4 is 15.9 Å². The smallest absolute Gasteiger partial charge is 0.165 e. The molecule has 0 unspecified atom stereocenters. The van der Waals surface area contributed by atoms with E-state index in [4.69, 9.17) is 9.47 Å². The standard InChI is InChI=1S/C14H22BrNO2/c1-5-18-14-11(9-16-8-10(2)3)6-12(15)7-13(14)17-4/h6-7,10,16H,5,8-9H2,1-4H3. The maximum atomic E-state index is 5.69. The fourth-order valence-electron chi connectivity index (χ4n) is 1.71. The summed E-state index contributed by atoms with van der Waals surface area (Å²) in [5, 5.41) is 3.42. The Morgan fingerprint density at radius 3 is 2.61 bits per heavy atom. The van der Waals surface area contributed by atoms with Crippen LogP contribution in [0.2, 0.25) is 0 Å². The first kappa shape index (κ1) is 15.3. The van der Waals surface area contributed by atoms with Gasteiger partial charge in [0.05, 0.1) is 13.7 Å². The average molecular weight is 316 g/mol. The highest BCUT2D eigenvalue weighted by Gasteiger charge is 2.12. The van der Waals surface area contributed by atoms with Crippen molar-refractivity contribution in [1.82, 2.24) is 5.32 Å². The third-order valence-electron chi connectivity index (χ3n) is 2.47. The molecule has 1 aromatic carbocycles. The van der Waals surface area contributed by atoms with Crippen LogP contribution in [0.1, 0.15) is 26.3 Å². The molecule has 0 radical (unpaired) electrons. The van der Waals surface area contributed by atoms with Crippen LogP contribution in [0.4, 0.5) is 0 Å². The van der Waals surface area contributed by atoms with Gasteiger partial charge >= 0.3 is 0 Å². The molecule has 0 bridgehead atoms. The minimum absolute atomic E-state index is 0.634. The van der Waals surface area contributed by atoms with Gasteiger partial charge in [-0.1, -0.05) is 29.8 Å². The molecule has 0 spiro atoms. The van der Waals surface area contributed by atoms with Crippen LogP contribution in [0.3, 0.4) is 0 Å². The van der Waals surface area contributed by atoms with E-state index < -0.39 is 0 Å². The molecule has 18 heavy (non-hydrogen) atoms. The molecule has 1 aromatic rings. The fraction of sp³-hybridized carbons (Fsp3) is 0.571. The Labute approximate surface area is 118 Å². The first-order chi connectivity index (χ1) is 8.58. The van der Waals surface area contributed by atoms with E-state index in [0.29, 0.717) is 12.5 Å². The van der Waals surface area contributed by atoms with Gasteiger partial charge in [0.1, 0.15) is 0 Å². The molecule has 0 saturated carbocycles. The summed E-state index contributed by atoms with van der Waals surface area (Å²) in [6.07, 6.45) is 0.